The molecule has 15 heavy (non-hydrogen) atoms. The molecule has 0 bridgehead atoms. The Morgan fingerprint density at radius 2 is 2.33 bits per heavy atom. The van der Waals surface area contributed by atoms with Crippen molar-refractivity contribution in [2.45, 2.75) is 20.3 Å². The number of furan rings is 1. The zero-order valence-corrected chi connectivity index (χ0v) is 9.88. The van der Waals surface area contributed by atoms with Crippen LogP contribution in [0.2, 0.25) is 0 Å². The van der Waals surface area contributed by atoms with Crippen molar-refractivity contribution in [3.63, 3.8) is 0 Å². The summed E-state index contributed by atoms with van der Waals surface area (Å²) in [5.41, 5.74) is 0.645. The van der Waals surface area contributed by atoms with Crippen molar-refractivity contribution in [2.24, 2.45) is 0 Å². The van der Waals surface area contributed by atoms with Gasteiger partial charge in [0.2, 0.25) is 0 Å². The van der Waals surface area contributed by atoms with E-state index in [0.29, 0.717) is 30.3 Å². The average Bonchev–Trinajstić information content (AvgIpc) is 2.65. The zero-order chi connectivity index (χ0) is 11.3. The van der Waals surface area contributed by atoms with Crippen LogP contribution in [0.25, 0.3) is 0 Å². The molecule has 0 spiro atoms. The molecule has 1 amide bonds. The Labute approximate surface area is 95.0 Å². The highest BCUT2D eigenvalue weighted by atomic mass is 35.5. The van der Waals surface area contributed by atoms with Gasteiger partial charge in [0.15, 0.2) is 0 Å². The fourth-order valence-electron chi connectivity index (χ4n) is 1.43. The smallest absolute Gasteiger partial charge is 0.257 e. The number of carbonyl (C=O) groups excluding carboxylic acids is 1. The first-order valence-electron chi connectivity index (χ1n) is 5.10. The molecule has 0 fully saturated rings. The van der Waals surface area contributed by atoms with Crippen molar-refractivity contribution in [3.8, 4) is 0 Å². The summed E-state index contributed by atoms with van der Waals surface area (Å²) in [7, 11) is 0. The monoisotopic (exact) mass is 229 g/mol. The van der Waals surface area contributed by atoms with Crippen molar-refractivity contribution >= 4 is 17.5 Å². The van der Waals surface area contributed by atoms with E-state index < -0.39 is 0 Å². The van der Waals surface area contributed by atoms with E-state index in [0.717, 1.165) is 6.42 Å². The molecule has 0 aliphatic rings. The van der Waals surface area contributed by atoms with Gasteiger partial charge in [0, 0.05) is 19.0 Å². The lowest BCUT2D eigenvalue weighted by Crippen LogP contribution is -2.32. The Hall–Kier alpha value is -0.960. The van der Waals surface area contributed by atoms with Crippen molar-refractivity contribution < 1.29 is 9.21 Å². The maximum Gasteiger partial charge on any atom is 0.257 e. The molecule has 84 valence electrons. The maximum absolute atomic E-state index is 12.0. The molecular weight excluding hydrogens is 214 g/mol. The van der Waals surface area contributed by atoms with E-state index in [1.807, 2.05) is 6.92 Å². The van der Waals surface area contributed by atoms with Crippen LogP contribution < -0.4 is 0 Å². The number of hydrogen-bond acceptors (Lipinski definition) is 2. The highest BCUT2D eigenvalue weighted by Gasteiger charge is 2.17. The molecule has 0 saturated carbocycles. The minimum Gasteiger partial charge on any atom is -0.469 e. The summed E-state index contributed by atoms with van der Waals surface area (Å²) in [6.45, 7) is 5.15. The predicted molar refractivity (Wildman–Crippen MR) is 60.4 cm³/mol. The summed E-state index contributed by atoms with van der Waals surface area (Å²) in [5.74, 6) is 1.27. The molecule has 0 unspecified atom stereocenters. The van der Waals surface area contributed by atoms with Crippen LogP contribution >= 0.6 is 11.6 Å². The van der Waals surface area contributed by atoms with Gasteiger partial charge in [-0.25, -0.2) is 0 Å². The van der Waals surface area contributed by atoms with Crippen LogP contribution in [0.1, 0.15) is 29.5 Å². The number of rotatable bonds is 5. The number of aryl methyl sites for hydroxylation is 1. The number of amides is 1. The fourth-order valence-corrected chi connectivity index (χ4v) is 1.55. The lowest BCUT2D eigenvalue weighted by atomic mass is 10.2. The normalized spacial score (nSPS) is 10.3. The molecule has 1 aromatic heterocycles. The predicted octanol–water partition coefficient (Wildman–Crippen LogP) is 2.68. The molecule has 0 N–H and O–H groups in total. The summed E-state index contributed by atoms with van der Waals surface area (Å²) in [6, 6.07) is 1.71. The third-order valence-corrected chi connectivity index (χ3v) is 2.59. The third-order valence-electron chi connectivity index (χ3n) is 2.32. The summed E-state index contributed by atoms with van der Waals surface area (Å²) >= 11 is 5.61. The minimum atomic E-state index is 0.0221. The largest absolute Gasteiger partial charge is 0.469 e. The molecule has 4 heteroatoms. The molecule has 0 radical (unpaired) electrons. The Kier molecular flexibility index (Phi) is 4.69. The van der Waals surface area contributed by atoms with Gasteiger partial charge < -0.3 is 9.32 Å². The summed E-state index contributed by atoms with van der Waals surface area (Å²) in [4.78, 5) is 13.8. The first-order chi connectivity index (χ1) is 7.20. The van der Waals surface area contributed by atoms with Crippen molar-refractivity contribution in [2.75, 3.05) is 19.0 Å². The van der Waals surface area contributed by atoms with E-state index in [9.17, 15) is 4.79 Å². The number of carbonyl (C=O) groups is 1. The zero-order valence-electron chi connectivity index (χ0n) is 9.12. The Morgan fingerprint density at radius 3 is 2.80 bits per heavy atom. The van der Waals surface area contributed by atoms with E-state index in [1.54, 1.807) is 17.9 Å². The van der Waals surface area contributed by atoms with Gasteiger partial charge in [-0.05, 0) is 26.3 Å². The lowest BCUT2D eigenvalue weighted by molar-refractivity contribution is 0.0763. The van der Waals surface area contributed by atoms with Gasteiger partial charge in [0.05, 0.1) is 11.8 Å². The van der Waals surface area contributed by atoms with Crippen molar-refractivity contribution in [3.05, 3.63) is 23.7 Å². The lowest BCUT2D eigenvalue weighted by Gasteiger charge is -2.19. The number of alkyl halides is 1. The quantitative estimate of drug-likeness (QED) is 0.728. The molecule has 1 rings (SSSR count). The number of halogens is 1. The summed E-state index contributed by atoms with van der Waals surface area (Å²) in [6.07, 6.45) is 2.36. The second kappa shape index (κ2) is 5.81. The van der Waals surface area contributed by atoms with Gasteiger partial charge in [-0.3, -0.25) is 4.79 Å². The molecule has 0 atom stereocenters. The fraction of sp³-hybridized carbons (Fsp3) is 0.545. The SMILES string of the molecule is CCN(CCCCl)C(=O)c1ccoc1C. The van der Waals surface area contributed by atoms with Gasteiger partial charge in [-0.2, -0.15) is 0 Å². The standard InChI is InChI=1S/C11H16ClNO2/c1-3-13(7-4-6-12)11(14)10-5-8-15-9(10)2/h5,8H,3-4,6-7H2,1-2H3. The number of nitrogens with zero attached hydrogens (tertiary/aromatic N) is 1. The second-order valence-corrected chi connectivity index (χ2v) is 3.70. The highest BCUT2D eigenvalue weighted by molar-refractivity contribution is 6.17. The van der Waals surface area contributed by atoms with Crippen molar-refractivity contribution in [1.29, 1.82) is 0 Å². The number of hydrogen-bond donors (Lipinski definition) is 0. The van der Waals surface area contributed by atoms with Crippen LogP contribution in [0, 0.1) is 6.92 Å². The van der Waals surface area contributed by atoms with E-state index in [2.05, 4.69) is 0 Å². The van der Waals surface area contributed by atoms with Crippen LogP contribution in [0.15, 0.2) is 16.7 Å². The minimum absolute atomic E-state index is 0.0221. The molecule has 0 aromatic carbocycles. The molecule has 0 aliphatic carbocycles. The van der Waals surface area contributed by atoms with Gasteiger partial charge in [-0.15, -0.1) is 11.6 Å². The second-order valence-electron chi connectivity index (χ2n) is 3.32. The van der Waals surface area contributed by atoms with E-state index >= 15 is 0 Å². The van der Waals surface area contributed by atoms with Gasteiger partial charge in [0.1, 0.15) is 5.76 Å². The topological polar surface area (TPSA) is 33.5 Å². The van der Waals surface area contributed by atoms with E-state index in [-0.39, 0.29) is 5.91 Å². The van der Waals surface area contributed by atoms with Gasteiger partial charge in [-0.1, -0.05) is 0 Å². The summed E-state index contributed by atoms with van der Waals surface area (Å²) < 4.78 is 5.11. The first kappa shape index (κ1) is 12.1. The molecule has 1 heterocycles. The average molecular weight is 230 g/mol. The van der Waals surface area contributed by atoms with E-state index in [4.69, 9.17) is 16.0 Å². The van der Waals surface area contributed by atoms with Crippen LogP contribution in [0.4, 0.5) is 0 Å². The van der Waals surface area contributed by atoms with Crippen LogP contribution in [0.3, 0.4) is 0 Å². The molecule has 3 nitrogen and oxygen atoms in total. The molecule has 0 aliphatic heterocycles. The first-order valence-corrected chi connectivity index (χ1v) is 5.63. The van der Waals surface area contributed by atoms with Crippen LogP contribution in [-0.4, -0.2) is 29.8 Å². The van der Waals surface area contributed by atoms with Gasteiger partial charge >= 0.3 is 0 Å². The molecule has 0 saturated heterocycles. The van der Waals surface area contributed by atoms with Crippen LogP contribution in [-0.2, 0) is 0 Å². The van der Waals surface area contributed by atoms with Crippen LogP contribution in [0.5, 0.6) is 0 Å². The Balaban J connectivity index is 2.69. The van der Waals surface area contributed by atoms with Crippen molar-refractivity contribution in [1.82, 2.24) is 4.90 Å². The Morgan fingerprint density at radius 1 is 1.60 bits per heavy atom. The summed E-state index contributed by atoms with van der Waals surface area (Å²) in [5, 5.41) is 0. The Bertz CT molecular complexity index is 322. The highest BCUT2D eigenvalue weighted by Crippen LogP contribution is 2.12. The van der Waals surface area contributed by atoms with E-state index in [1.165, 1.54) is 6.26 Å². The molecule has 1 aromatic rings. The van der Waals surface area contributed by atoms with Gasteiger partial charge in [0.25, 0.3) is 5.91 Å². The molecular formula is C11H16ClNO2. The maximum atomic E-state index is 12.0. The third kappa shape index (κ3) is 2.99.